The standard InChI is InChI=1S/C14H15ClFN3O2/c1-3-19-12(13(15)8(2)18-19)7-21-14(20)10-5-4-9(16)6-11(10)17/h4-6H,3,7,17H2,1-2H3. The van der Waals surface area contributed by atoms with Gasteiger partial charge in [0.25, 0.3) is 0 Å². The van der Waals surface area contributed by atoms with E-state index in [0.29, 0.717) is 23.0 Å². The molecule has 0 atom stereocenters. The van der Waals surface area contributed by atoms with Gasteiger partial charge >= 0.3 is 5.97 Å². The molecule has 1 heterocycles. The minimum atomic E-state index is -0.634. The Morgan fingerprint density at radius 2 is 2.24 bits per heavy atom. The molecule has 0 amide bonds. The first-order valence-electron chi connectivity index (χ1n) is 6.38. The fourth-order valence-corrected chi connectivity index (χ4v) is 2.13. The summed E-state index contributed by atoms with van der Waals surface area (Å²) in [7, 11) is 0. The predicted molar refractivity (Wildman–Crippen MR) is 77.6 cm³/mol. The fourth-order valence-electron chi connectivity index (χ4n) is 1.94. The van der Waals surface area contributed by atoms with Crippen molar-refractivity contribution in [1.82, 2.24) is 9.78 Å². The Hall–Kier alpha value is -2.08. The number of benzene rings is 1. The quantitative estimate of drug-likeness (QED) is 0.696. The molecule has 5 nitrogen and oxygen atoms in total. The van der Waals surface area contributed by atoms with E-state index < -0.39 is 11.8 Å². The molecule has 21 heavy (non-hydrogen) atoms. The number of anilines is 1. The van der Waals surface area contributed by atoms with E-state index in [4.69, 9.17) is 22.1 Å². The Balaban J connectivity index is 2.14. The number of hydrogen-bond donors (Lipinski definition) is 1. The molecule has 0 radical (unpaired) electrons. The van der Waals surface area contributed by atoms with Crippen molar-refractivity contribution < 1.29 is 13.9 Å². The third-order valence-corrected chi connectivity index (χ3v) is 3.52. The molecule has 0 aliphatic heterocycles. The van der Waals surface area contributed by atoms with E-state index in [2.05, 4.69) is 5.10 Å². The SMILES string of the molecule is CCn1nc(C)c(Cl)c1COC(=O)c1ccc(F)cc1N. The van der Waals surface area contributed by atoms with Crippen LogP contribution in [-0.2, 0) is 17.9 Å². The first-order chi connectivity index (χ1) is 9.93. The van der Waals surface area contributed by atoms with Crippen molar-refractivity contribution in [2.75, 3.05) is 5.73 Å². The van der Waals surface area contributed by atoms with Crippen molar-refractivity contribution in [1.29, 1.82) is 0 Å². The number of esters is 1. The van der Waals surface area contributed by atoms with Crippen LogP contribution in [0, 0.1) is 12.7 Å². The van der Waals surface area contributed by atoms with Crippen LogP contribution in [-0.4, -0.2) is 15.7 Å². The number of aryl methyl sites for hydroxylation is 2. The number of carbonyl (C=O) groups is 1. The van der Waals surface area contributed by atoms with Crippen LogP contribution in [0.3, 0.4) is 0 Å². The van der Waals surface area contributed by atoms with Gasteiger partial charge in [-0.05, 0) is 32.0 Å². The molecule has 0 saturated carbocycles. The molecule has 0 saturated heterocycles. The molecule has 0 aliphatic carbocycles. The summed E-state index contributed by atoms with van der Waals surface area (Å²) in [4.78, 5) is 12.0. The van der Waals surface area contributed by atoms with Gasteiger partial charge in [-0.1, -0.05) is 11.6 Å². The molecule has 2 rings (SSSR count). The monoisotopic (exact) mass is 311 g/mol. The van der Waals surface area contributed by atoms with Gasteiger partial charge in [-0.25, -0.2) is 9.18 Å². The van der Waals surface area contributed by atoms with E-state index in [-0.39, 0.29) is 17.9 Å². The Kier molecular flexibility index (Phi) is 4.47. The van der Waals surface area contributed by atoms with E-state index in [1.165, 1.54) is 6.07 Å². The highest BCUT2D eigenvalue weighted by atomic mass is 35.5. The van der Waals surface area contributed by atoms with Crippen LogP contribution in [0.2, 0.25) is 5.02 Å². The second-order valence-corrected chi connectivity index (χ2v) is 4.85. The van der Waals surface area contributed by atoms with Crippen molar-refractivity contribution in [2.24, 2.45) is 0 Å². The van der Waals surface area contributed by atoms with E-state index in [1.54, 1.807) is 11.6 Å². The predicted octanol–water partition coefficient (Wildman–Crippen LogP) is 2.94. The van der Waals surface area contributed by atoms with Crippen molar-refractivity contribution in [3.63, 3.8) is 0 Å². The van der Waals surface area contributed by atoms with Crippen LogP contribution in [0.15, 0.2) is 18.2 Å². The van der Waals surface area contributed by atoms with Crippen molar-refractivity contribution in [3.05, 3.63) is 46.0 Å². The van der Waals surface area contributed by atoms with Crippen LogP contribution < -0.4 is 5.73 Å². The first-order valence-corrected chi connectivity index (χ1v) is 6.75. The van der Waals surface area contributed by atoms with Crippen molar-refractivity contribution in [3.8, 4) is 0 Å². The lowest BCUT2D eigenvalue weighted by Gasteiger charge is -2.08. The molecule has 112 valence electrons. The van der Waals surface area contributed by atoms with Crippen molar-refractivity contribution in [2.45, 2.75) is 27.0 Å². The van der Waals surface area contributed by atoms with Crippen molar-refractivity contribution >= 4 is 23.3 Å². The molecule has 0 spiro atoms. The van der Waals surface area contributed by atoms with Gasteiger partial charge in [0.05, 0.1) is 22.0 Å². The summed E-state index contributed by atoms with van der Waals surface area (Å²) >= 11 is 6.13. The molecule has 0 bridgehead atoms. The van der Waals surface area contributed by atoms with Crippen LogP contribution in [0.1, 0.15) is 28.7 Å². The summed E-state index contributed by atoms with van der Waals surface area (Å²) in [6.45, 7) is 4.27. The van der Waals surface area contributed by atoms with E-state index in [1.807, 2.05) is 6.92 Å². The summed E-state index contributed by atoms with van der Waals surface area (Å²) in [5.74, 6) is -1.14. The maximum Gasteiger partial charge on any atom is 0.340 e. The molecule has 2 N–H and O–H groups in total. The van der Waals surface area contributed by atoms with E-state index in [0.717, 1.165) is 12.1 Å². The summed E-state index contributed by atoms with van der Waals surface area (Å²) in [5, 5.41) is 4.70. The maximum atomic E-state index is 13.0. The number of nitrogens with zero attached hydrogens (tertiary/aromatic N) is 2. The molecule has 0 aliphatic rings. The van der Waals surface area contributed by atoms with E-state index >= 15 is 0 Å². The minimum absolute atomic E-state index is 0.0246. The lowest BCUT2D eigenvalue weighted by molar-refractivity contribution is 0.0464. The summed E-state index contributed by atoms with van der Waals surface area (Å²) in [6.07, 6.45) is 0. The molecular formula is C14H15ClFN3O2. The largest absolute Gasteiger partial charge is 0.455 e. The van der Waals surface area contributed by atoms with Crippen LogP contribution in [0.5, 0.6) is 0 Å². The second kappa shape index (κ2) is 6.13. The van der Waals surface area contributed by atoms with Gasteiger partial charge in [0.15, 0.2) is 0 Å². The third-order valence-electron chi connectivity index (χ3n) is 3.03. The lowest BCUT2D eigenvalue weighted by atomic mass is 10.2. The fraction of sp³-hybridized carbons (Fsp3) is 0.286. The number of carbonyl (C=O) groups excluding carboxylic acids is 1. The van der Waals surface area contributed by atoms with E-state index in [9.17, 15) is 9.18 Å². The number of ether oxygens (including phenoxy) is 1. The number of aromatic nitrogens is 2. The zero-order valence-electron chi connectivity index (χ0n) is 11.7. The summed E-state index contributed by atoms with van der Waals surface area (Å²) < 4.78 is 19.8. The molecule has 1 aromatic heterocycles. The van der Waals surface area contributed by atoms with Gasteiger partial charge in [0, 0.05) is 12.2 Å². The van der Waals surface area contributed by atoms with Gasteiger partial charge in [-0.15, -0.1) is 0 Å². The zero-order chi connectivity index (χ0) is 15.6. The average Bonchev–Trinajstić information content (AvgIpc) is 2.71. The summed E-state index contributed by atoms with van der Waals surface area (Å²) in [5.41, 5.74) is 7.04. The molecule has 0 fully saturated rings. The molecular weight excluding hydrogens is 297 g/mol. The smallest absolute Gasteiger partial charge is 0.340 e. The molecule has 2 aromatic rings. The maximum absolute atomic E-state index is 13.0. The van der Waals surface area contributed by atoms with Gasteiger partial charge in [-0.2, -0.15) is 5.10 Å². The Morgan fingerprint density at radius 1 is 1.52 bits per heavy atom. The normalized spacial score (nSPS) is 10.7. The zero-order valence-corrected chi connectivity index (χ0v) is 12.4. The van der Waals surface area contributed by atoms with Gasteiger partial charge in [0.2, 0.25) is 0 Å². The highest BCUT2D eigenvalue weighted by molar-refractivity contribution is 6.31. The average molecular weight is 312 g/mol. The number of rotatable bonds is 4. The summed E-state index contributed by atoms with van der Waals surface area (Å²) in [6, 6.07) is 3.52. The Labute approximate surface area is 126 Å². The molecule has 7 heteroatoms. The van der Waals surface area contributed by atoms with Crippen LogP contribution in [0.4, 0.5) is 10.1 Å². The van der Waals surface area contributed by atoms with Crippen LogP contribution >= 0.6 is 11.6 Å². The number of nitrogens with two attached hydrogens (primary N) is 1. The number of halogens is 2. The third kappa shape index (κ3) is 3.16. The van der Waals surface area contributed by atoms with Gasteiger partial charge in [0.1, 0.15) is 12.4 Å². The van der Waals surface area contributed by atoms with Gasteiger partial charge in [-0.3, -0.25) is 4.68 Å². The topological polar surface area (TPSA) is 70.1 Å². The molecule has 0 unspecified atom stereocenters. The molecule has 1 aromatic carbocycles. The highest BCUT2D eigenvalue weighted by Gasteiger charge is 2.17. The second-order valence-electron chi connectivity index (χ2n) is 4.47. The number of hydrogen-bond acceptors (Lipinski definition) is 4. The Morgan fingerprint density at radius 3 is 2.86 bits per heavy atom. The lowest BCUT2D eigenvalue weighted by Crippen LogP contribution is -2.11. The first kappa shape index (κ1) is 15.3. The Bertz CT molecular complexity index is 685. The highest BCUT2D eigenvalue weighted by Crippen LogP contribution is 2.22. The van der Waals surface area contributed by atoms with Gasteiger partial charge < -0.3 is 10.5 Å². The van der Waals surface area contributed by atoms with Crippen LogP contribution in [0.25, 0.3) is 0 Å². The number of nitrogen functional groups attached to an aromatic ring is 1. The minimum Gasteiger partial charge on any atom is -0.455 e.